The molecule has 0 fully saturated rings. The molecule has 0 saturated heterocycles. The summed E-state index contributed by atoms with van der Waals surface area (Å²) in [5, 5.41) is 0. The molecule has 6 nitrogen and oxygen atoms in total. The molecule has 0 radical (unpaired) electrons. The topological polar surface area (TPSA) is 78.9 Å². The van der Waals surface area contributed by atoms with E-state index < -0.39 is 6.10 Å². The van der Waals surface area contributed by atoms with Crippen molar-refractivity contribution >= 4 is 17.9 Å². The molecule has 0 aromatic carbocycles. The summed E-state index contributed by atoms with van der Waals surface area (Å²) in [6.07, 6.45) is 43.8. The van der Waals surface area contributed by atoms with Crippen LogP contribution in [0.15, 0.2) is 0 Å². The van der Waals surface area contributed by atoms with Crippen molar-refractivity contribution < 1.29 is 28.6 Å². The van der Waals surface area contributed by atoms with Crippen molar-refractivity contribution in [3.05, 3.63) is 0 Å². The highest BCUT2D eigenvalue weighted by molar-refractivity contribution is 5.71. The molecule has 0 N–H and O–H groups in total. The minimum atomic E-state index is -0.761. The predicted molar refractivity (Wildman–Crippen MR) is 243 cm³/mol. The molecule has 0 aromatic rings. The standard InChI is InChI=1S/C51H98O6/c1-6-7-8-9-10-11-12-18-21-26-31-36-41-49(52)55-44-48(57-51(54)43-38-33-28-23-25-30-35-40-47(4)5)45-56-50(53)42-37-32-27-22-19-16-14-13-15-17-20-24-29-34-39-46(2)3/h46-48H,6-45H2,1-5H3/t48-/m1/s1. The van der Waals surface area contributed by atoms with Gasteiger partial charge in [-0.15, -0.1) is 0 Å². The van der Waals surface area contributed by atoms with Gasteiger partial charge in [-0.3, -0.25) is 14.4 Å². The fourth-order valence-electron chi connectivity index (χ4n) is 7.64. The number of carbonyl (C=O) groups excluding carboxylic acids is 3. The molecule has 338 valence electrons. The van der Waals surface area contributed by atoms with Gasteiger partial charge in [-0.05, 0) is 31.1 Å². The molecule has 0 aromatic heterocycles. The average molecular weight is 807 g/mol. The first kappa shape index (κ1) is 55.4. The molecule has 0 aliphatic carbocycles. The van der Waals surface area contributed by atoms with E-state index in [0.29, 0.717) is 19.3 Å². The minimum absolute atomic E-state index is 0.0645. The number of hydrogen-bond donors (Lipinski definition) is 0. The van der Waals surface area contributed by atoms with E-state index in [4.69, 9.17) is 14.2 Å². The summed E-state index contributed by atoms with van der Waals surface area (Å²) in [7, 11) is 0. The lowest BCUT2D eigenvalue weighted by Gasteiger charge is -2.18. The van der Waals surface area contributed by atoms with Crippen molar-refractivity contribution in [2.24, 2.45) is 11.8 Å². The summed E-state index contributed by atoms with van der Waals surface area (Å²) in [4.78, 5) is 37.8. The third-order valence-electron chi connectivity index (χ3n) is 11.5. The summed E-state index contributed by atoms with van der Waals surface area (Å²) >= 11 is 0. The summed E-state index contributed by atoms with van der Waals surface area (Å²) < 4.78 is 16.8. The molecule has 1 atom stereocenters. The summed E-state index contributed by atoms with van der Waals surface area (Å²) in [6, 6.07) is 0. The maximum Gasteiger partial charge on any atom is 0.306 e. The van der Waals surface area contributed by atoms with Gasteiger partial charge in [-0.2, -0.15) is 0 Å². The van der Waals surface area contributed by atoms with Gasteiger partial charge in [-0.25, -0.2) is 0 Å². The van der Waals surface area contributed by atoms with Crippen molar-refractivity contribution in [1.29, 1.82) is 0 Å². The Bertz CT molecular complexity index is 870. The van der Waals surface area contributed by atoms with Crippen molar-refractivity contribution in [3.8, 4) is 0 Å². The SMILES string of the molecule is CCCCCCCCCCCCCCC(=O)OC[C@H](COC(=O)CCCCCCCCCCCCCCCCC(C)C)OC(=O)CCCCCCCCCC(C)C. The molecule has 0 rings (SSSR count). The first-order valence-electron chi connectivity index (χ1n) is 25.2. The lowest BCUT2D eigenvalue weighted by molar-refractivity contribution is -0.167. The predicted octanol–water partition coefficient (Wildman–Crippen LogP) is 16.1. The normalized spacial score (nSPS) is 12.1. The molecule has 0 aliphatic heterocycles. The fourth-order valence-corrected chi connectivity index (χ4v) is 7.64. The van der Waals surface area contributed by atoms with Crippen LogP contribution in [-0.2, 0) is 28.6 Å². The summed E-state index contributed by atoms with van der Waals surface area (Å²) in [5.74, 6) is 0.770. The van der Waals surface area contributed by atoms with Gasteiger partial charge in [-0.1, -0.05) is 240 Å². The maximum absolute atomic E-state index is 12.7. The molecule has 0 spiro atoms. The zero-order valence-electron chi connectivity index (χ0n) is 39.0. The van der Waals surface area contributed by atoms with Gasteiger partial charge >= 0.3 is 17.9 Å². The van der Waals surface area contributed by atoms with E-state index in [1.54, 1.807) is 0 Å². The third kappa shape index (κ3) is 45.3. The largest absolute Gasteiger partial charge is 0.462 e. The third-order valence-corrected chi connectivity index (χ3v) is 11.5. The zero-order chi connectivity index (χ0) is 41.9. The van der Waals surface area contributed by atoms with Gasteiger partial charge in [0.25, 0.3) is 0 Å². The van der Waals surface area contributed by atoms with Crippen LogP contribution in [0.3, 0.4) is 0 Å². The molecule has 0 aliphatic rings. The lowest BCUT2D eigenvalue weighted by atomic mass is 10.0. The molecule has 0 heterocycles. The lowest BCUT2D eigenvalue weighted by Crippen LogP contribution is -2.30. The monoisotopic (exact) mass is 807 g/mol. The number of hydrogen-bond acceptors (Lipinski definition) is 6. The quantitative estimate of drug-likeness (QED) is 0.0346. The van der Waals surface area contributed by atoms with Crippen LogP contribution in [0.1, 0.15) is 279 Å². The first-order valence-corrected chi connectivity index (χ1v) is 25.2. The van der Waals surface area contributed by atoms with E-state index in [2.05, 4.69) is 34.6 Å². The Labute approximate surface area is 355 Å². The Kier molecular flexibility index (Phi) is 42.7. The molecule has 57 heavy (non-hydrogen) atoms. The Morgan fingerprint density at radius 1 is 0.333 bits per heavy atom. The second-order valence-corrected chi connectivity index (χ2v) is 18.4. The second kappa shape index (κ2) is 44.0. The van der Waals surface area contributed by atoms with Gasteiger partial charge < -0.3 is 14.2 Å². The highest BCUT2D eigenvalue weighted by Crippen LogP contribution is 2.17. The Balaban J connectivity index is 4.26. The van der Waals surface area contributed by atoms with Crippen molar-refractivity contribution in [3.63, 3.8) is 0 Å². The smallest absolute Gasteiger partial charge is 0.306 e. The van der Waals surface area contributed by atoms with Gasteiger partial charge in [0.1, 0.15) is 13.2 Å². The maximum atomic E-state index is 12.7. The Hall–Kier alpha value is -1.59. The molecular weight excluding hydrogens is 709 g/mol. The van der Waals surface area contributed by atoms with Gasteiger partial charge in [0, 0.05) is 19.3 Å². The van der Waals surface area contributed by atoms with E-state index >= 15 is 0 Å². The summed E-state index contributed by atoms with van der Waals surface area (Å²) in [5.41, 5.74) is 0. The number of ether oxygens (including phenoxy) is 3. The molecule has 0 unspecified atom stereocenters. The van der Waals surface area contributed by atoms with E-state index in [1.165, 1.54) is 167 Å². The van der Waals surface area contributed by atoms with E-state index in [9.17, 15) is 14.4 Å². The van der Waals surface area contributed by atoms with Crippen LogP contribution in [0.5, 0.6) is 0 Å². The first-order chi connectivity index (χ1) is 27.7. The zero-order valence-corrected chi connectivity index (χ0v) is 39.0. The van der Waals surface area contributed by atoms with Crippen LogP contribution in [0.25, 0.3) is 0 Å². The van der Waals surface area contributed by atoms with E-state index in [-0.39, 0.29) is 31.1 Å². The van der Waals surface area contributed by atoms with Crippen molar-refractivity contribution in [2.45, 2.75) is 285 Å². The van der Waals surface area contributed by atoms with Crippen LogP contribution in [0.2, 0.25) is 0 Å². The second-order valence-electron chi connectivity index (χ2n) is 18.4. The molecule has 6 heteroatoms. The van der Waals surface area contributed by atoms with Gasteiger partial charge in [0.05, 0.1) is 0 Å². The number of carbonyl (C=O) groups is 3. The van der Waals surface area contributed by atoms with E-state index in [1.807, 2.05) is 0 Å². The van der Waals surface area contributed by atoms with Crippen molar-refractivity contribution in [2.75, 3.05) is 13.2 Å². The molecular formula is C51H98O6. The molecule has 0 amide bonds. The number of esters is 3. The fraction of sp³-hybridized carbons (Fsp3) is 0.941. The summed E-state index contributed by atoms with van der Waals surface area (Å²) in [6.45, 7) is 11.3. The molecule has 0 saturated carbocycles. The highest BCUT2D eigenvalue weighted by atomic mass is 16.6. The minimum Gasteiger partial charge on any atom is -0.462 e. The molecule has 0 bridgehead atoms. The Morgan fingerprint density at radius 3 is 0.860 bits per heavy atom. The van der Waals surface area contributed by atoms with Crippen LogP contribution in [0, 0.1) is 11.8 Å². The van der Waals surface area contributed by atoms with E-state index in [0.717, 1.165) is 69.6 Å². The van der Waals surface area contributed by atoms with Crippen LogP contribution in [0.4, 0.5) is 0 Å². The Morgan fingerprint density at radius 2 is 0.579 bits per heavy atom. The van der Waals surface area contributed by atoms with Crippen LogP contribution < -0.4 is 0 Å². The van der Waals surface area contributed by atoms with Crippen molar-refractivity contribution in [1.82, 2.24) is 0 Å². The number of unbranched alkanes of at least 4 members (excludes halogenated alkanes) is 30. The highest BCUT2D eigenvalue weighted by Gasteiger charge is 2.19. The van der Waals surface area contributed by atoms with Crippen LogP contribution in [-0.4, -0.2) is 37.2 Å². The van der Waals surface area contributed by atoms with Gasteiger partial charge in [0.2, 0.25) is 0 Å². The van der Waals surface area contributed by atoms with Crippen LogP contribution >= 0.6 is 0 Å². The van der Waals surface area contributed by atoms with Gasteiger partial charge in [0.15, 0.2) is 6.10 Å². The number of rotatable bonds is 45. The average Bonchev–Trinajstić information content (AvgIpc) is 3.18.